The van der Waals surface area contributed by atoms with E-state index < -0.39 is 120 Å². The van der Waals surface area contributed by atoms with Gasteiger partial charge in [0.05, 0.1) is 31.5 Å². The third-order valence-electron chi connectivity index (χ3n) is 15.9. The average Bonchev–Trinajstić information content (AvgIpc) is 3.37. The predicted molar refractivity (Wildman–Crippen MR) is 271 cm³/mol. The number of carbonyl (C=O) groups excluding carboxylic acids is 6. The number of ether oxygens (including phenoxy) is 6. The molecule has 0 aromatic carbocycles. The lowest BCUT2D eigenvalue weighted by molar-refractivity contribution is -0.265. The number of carbonyl (C=O) groups is 6. The van der Waals surface area contributed by atoms with Crippen LogP contribution in [0.15, 0.2) is 47.6 Å². The van der Waals surface area contributed by atoms with E-state index in [0.29, 0.717) is 69.8 Å². The number of piperidine rings is 1. The molecule has 1 aliphatic carbocycles. The topological polar surface area (TPSA) is 242 Å². The van der Waals surface area contributed by atoms with Gasteiger partial charge in [-0.1, -0.05) is 71.1 Å². The lowest BCUT2D eigenvalue weighted by Crippen LogP contribution is -2.61. The SMILES string of the molecule is CO[C@H]1C[C@@H]2CC[C@@H](C)[C@@](O)(O2)C(=O)C(=O)N2CCCC[C@H]2C(=O)O[C@H]([C@H](C)C[C@H]2CC[C@@H](OC(=O)C(C)(CO)CO)[C@H](OC)C2)CC(=O)[C@H](C)/C=C(\C)[C@@H](O)[C@@H](OC)C(=O)[C@H](C)C[C@H](C)\C=C/C=C/C=C/1C. The minimum atomic E-state index is -2.47. The second-order valence-corrected chi connectivity index (χ2v) is 21.8. The van der Waals surface area contributed by atoms with Crippen molar-refractivity contribution in [2.45, 2.75) is 187 Å². The van der Waals surface area contributed by atoms with Crippen LogP contribution in [0.25, 0.3) is 0 Å². The first kappa shape index (κ1) is 61.6. The Morgan fingerprint density at radius 2 is 1.56 bits per heavy atom. The Bertz CT molecular complexity index is 2010. The van der Waals surface area contributed by atoms with Gasteiger partial charge in [0, 0.05) is 58.5 Å². The van der Waals surface area contributed by atoms with E-state index in [2.05, 4.69) is 0 Å². The van der Waals surface area contributed by atoms with Gasteiger partial charge in [-0.3, -0.25) is 24.0 Å². The van der Waals surface area contributed by atoms with Gasteiger partial charge in [-0.15, -0.1) is 0 Å². The molecule has 3 fully saturated rings. The predicted octanol–water partition coefficient (Wildman–Crippen LogP) is 5.72. The summed E-state index contributed by atoms with van der Waals surface area (Å²) in [5, 5.41) is 43.1. The van der Waals surface area contributed by atoms with Gasteiger partial charge in [0.2, 0.25) is 5.79 Å². The molecule has 0 radical (unpaired) electrons. The smallest absolute Gasteiger partial charge is 0.329 e. The summed E-state index contributed by atoms with van der Waals surface area (Å²) in [7, 11) is 4.43. The fourth-order valence-corrected chi connectivity index (χ4v) is 10.7. The Hall–Kier alpha value is -3.94. The van der Waals surface area contributed by atoms with Crippen LogP contribution in [-0.4, -0.2) is 156 Å². The van der Waals surface area contributed by atoms with Crippen molar-refractivity contribution in [1.82, 2.24) is 4.90 Å². The number of cyclic esters (lactones) is 1. The molecular weight excluding hydrogens is 943 g/mol. The monoisotopic (exact) mass is 1030 g/mol. The minimum absolute atomic E-state index is 0.00697. The average molecular weight is 1030 g/mol. The van der Waals surface area contributed by atoms with Crippen molar-refractivity contribution >= 4 is 35.2 Å². The number of methoxy groups -OCH3 is 3. The number of allylic oxidation sites excluding steroid dienone is 6. The molecule has 0 unspecified atom stereocenters. The van der Waals surface area contributed by atoms with Crippen LogP contribution in [0.3, 0.4) is 0 Å². The third kappa shape index (κ3) is 16.0. The Kier molecular flexibility index (Phi) is 23.9. The molecule has 3 heterocycles. The first-order valence-electron chi connectivity index (χ1n) is 26.4. The molecule has 2 bridgehead atoms. The van der Waals surface area contributed by atoms with Crippen LogP contribution in [0.2, 0.25) is 0 Å². The highest BCUT2D eigenvalue weighted by Gasteiger charge is 2.53. The summed E-state index contributed by atoms with van der Waals surface area (Å²) in [6.45, 7) is 12.7. The summed E-state index contributed by atoms with van der Waals surface area (Å²) in [4.78, 5) is 85.4. The fraction of sp³-hybridized carbons (Fsp3) is 0.750. The van der Waals surface area contributed by atoms with Crippen molar-refractivity contribution in [2.24, 2.45) is 40.9 Å². The lowest BCUT2D eigenvalue weighted by Gasteiger charge is -2.42. The number of nitrogens with zero attached hydrogens (tertiary/aromatic N) is 1. The maximum Gasteiger partial charge on any atom is 0.329 e. The van der Waals surface area contributed by atoms with E-state index in [1.807, 2.05) is 51.2 Å². The minimum Gasteiger partial charge on any atom is -0.460 e. The zero-order chi connectivity index (χ0) is 54.4. The molecular formula is C56H87NO16. The molecule has 412 valence electrons. The number of fused-ring (bicyclic) bond motifs is 3. The van der Waals surface area contributed by atoms with E-state index in [9.17, 15) is 49.2 Å². The Morgan fingerprint density at radius 3 is 2.21 bits per heavy atom. The molecule has 17 heteroatoms. The number of aliphatic hydroxyl groups is 4. The zero-order valence-electron chi connectivity index (χ0n) is 45.3. The van der Waals surface area contributed by atoms with Crippen molar-refractivity contribution in [2.75, 3.05) is 41.1 Å². The normalized spacial score (nSPS) is 37.4. The summed E-state index contributed by atoms with van der Waals surface area (Å²) in [6, 6.07) is -1.20. The highest BCUT2D eigenvalue weighted by Crippen LogP contribution is 2.38. The van der Waals surface area contributed by atoms with E-state index in [1.165, 1.54) is 21.1 Å². The van der Waals surface area contributed by atoms with Crippen molar-refractivity contribution < 1.29 is 77.6 Å². The Morgan fingerprint density at radius 1 is 0.863 bits per heavy atom. The maximum atomic E-state index is 14.5. The number of hydrogen-bond acceptors (Lipinski definition) is 16. The highest BCUT2D eigenvalue weighted by atomic mass is 16.6. The number of aliphatic hydroxyl groups excluding tert-OH is 3. The lowest BCUT2D eigenvalue weighted by atomic mass is 9.78. The largest absolute Gasteiger partial charge is 0.460 e. The second kappa shape index (κ2) is 28.3. The van der Waals surface area contributed by atoms with Crippen molar-refractivity contribution in [3.8, 4) is 0 Å². The Labute approximate surface area is 433 Å². The van der Waals surface area contributed by atoms with Gasteiger partial charge in [-0.05, 0) is 114 Å². The first-order chi connectivity index (χ1) is 34.5. The third-order valence-corrected chi connectivity index (χ3v) is 15.9. The number of Topliss-reactive ketones (excluding diaryl/α,β-unsaturated/α-hetero) is 3. The summed E-state index contributed by atoms with van der Waals surface area (Å²) in [6.07, 6.45) is 9.76. The van der Waals surface area contributed by atoms with E-state index in [1.54, 1.807) is 40.9 Å². The molecule has 2 saturated heterocycles. The van der Waals surface area contributed by atoms with Crippen molar-refractivity contribution in [3.63, 3.8) is 0 Å². The summed E-state index contributed by atoms with van der Waals surface area (Å²) >= 11 is 0. The van der Waals surface area contributed by atoms with Crippen molar-refractivity contribution in [3.05, 3.63) is 47.6 Å². The van der Waals surface area contributed by atoms with Crippen LogP contribution >= 0.6 is 0 Å². The van der Waals surface area contributed by atoms with Gasteiger partial charge in [0.15, 0.2) is 5.78 Å². The molecule has 17 nitrogen and oxygen atoms in total. The highest BCUT2D eigenvalue weighted by molar-refractivity contribution is 6.39. The number of amides is 1. The van der Waals surface area contributed by atoms with Gasteiger partial charge < -0.3 is 53.7 Å². The van der Waals surface area contributed by atoms with Crippen LogP contribution in [0.5, 0.6) is 0 Å². The molecule has 4 aliphatic rings. The number of ketones is 3. The van der Waals surface area contributed by atoms with Crippen LogP contribution < -0.4 is 0 Å². The molecule has 3 aliphatic heterocycles. The number of rotatable bonds is 10. The maximum absolute atomic E-state index is 14.5. The summed E-state index contributed by atoms with van der Waals surface area (Å²) < 4.78 is 35.4. The van der Waals surface area contributed by atoms with Crippen LogP contribution in [-0.2, 0) is 57.2 Å². The number of esters is 2. The molecule has 1 amide bonds. The van der Waals surface area contributed by atoms with Crippen molar-refractivity contribution in [1.29, 1.82) is 0 Å². The van der Waals surface area contributed by atoms with Gasteiger partial charge in [0.25, 0.3) is 11.7 Å². The Balaban J connectivity index is 1.69. The van der Waals surface area contributed by atoms with Gasteiger partial charge in [0.1, 0.15) is 41.7 Å². The van der Waals surface area contributed by atoms with Gasteiger partial charge in [-0.2, -0.15) is 0 Å². The van der Waals surface area contributed by atoms with E-state index in [-0.39, 0.29) is 42.8 Å². The van der Waals surface area contributed by atoms with Crippen LogP contribution in [0.1, 0.15) is 132 Å². The molecule has 0 aromatic heterocycles. The number of hydrogen-bond donors (Lipinski definition) is 4. The standard InChI is InChI=1S/C56H87NO16/c1-33-17-13-12-14-18-34(2)45(68-9)29-41-22-20-39(7)56(67,73-41)51(63)52(64)57-24-16-15-19-42(57)53(65)71-46(30-43(60)35(3)26-38(6)49(62)50(70-11)48(61)37(5)25-33)36(4)27-40-21-23-44(47(28-40)69-10)72-54(66)55(8,31-58)32-59/h12-14,17-18,26,33,35-37,39-42,44-47,49-50,58-59,62,67H,15-16,19-25,27-32H2,1-11H3/b14-12+,17-13-,34-18+,38-26+/t33-,35-,36-,37-,39-,40-,41+,42+,44-,45+,46+,47-,49-,50+,56-/m1/s1. The quantitative estimate of drug-likeness (QED) is 0.116. The molecule has 1 saturated carbocycles. The summed E-state index contributed by atoms with van der Waals surface area (Å²) in [5.41, 5.74) is -0.277. The van der Waals surface area contributed by atoms with E-state index in [4.69, 9.17) is 28.4 Å². The van der Waals surface area contributed by atoms with Crippen LogP contribution in [0, 0.1) is 40.9 Å². The van der Waals surface area contributed by atoms with E-state index >= 15 is 0 Å². The second-order valence-electron chi connectivity index (χ2n) is 21.8. The van der Waals surface area contributed by atoms with Gasteiger partial charge in [-0.25, -0.2) is 4.79 Å². The molecule has 4 N–H and O–H groups in total. The van der Waals surface area contributed by atoms with Gasteiger partial charge >= 0.3 is 11.9 Å². The van der Waals surface area contributed by atoms with Crippen LogP contribution in [0.4, 0.5) is 0 Å². The zero-order valence-corrected chi connectivity index (χ0v) is 45.3. The first-order valence-corrected chi connectivity index (χ1v) is 26.4. The molecule has 0 spiro atoms. The molecule has 15 atom stereocenters. The van der Waals surface area contributed by atoms with E-state index in [0.717, 1.165) is 10.5 Å². The fourth-order valence-electron chi connectivity index (χ4n) is 10.7. The molecule has 73 heavy (non-hydrogen) atoms. The summed E-state index contributed by atoms with van der Waals surface area (Å²) in [5.74, 6) is -9.36. The molecule has 4 rings (SSSR count). The molecule has 0 aromatic rings.